The highest BCUT2D eigenvalue weighted by Gasteiger charge is 2.42. The van der Waals surface area contributed by atoms with Gasteiger partial charge >= 0.3 is 0 Å². The van der Waals surface area contributed by atoms with E-state index in [1.165, 1.54) is 24.8 Å². The molecule has 1 N–H and O–H groups in total. The molecular formula is C18H26BrNO. The van der Waals surface area contributed by atoms with Crippen molar-refractivity contribution in [3.8, 4) is 0 Å². The smallest absolute Gasteiger partial charge is 0.0700 e. The number of likely N-dealkylation sites (tertiary alicyclic amines) is 1. The summed E-state index contributed by atoms with van der Waals surface area (Å²) < 4.78 is 0. The van der Waals surface area contributed by atoms with Gasteiger partial charge in [0.2, 0.25) is 0 Å². The molecule has 0 amide bonds. The summed E-state index contributed by atoms with van der Waals surface area (Å²) in [6.45, 7) is 3.22. The Labute approximate surface area is 136 Å². The van der Waals surface area contributed by atoms with Crippen LogP contribution >= 0.6 is 15.9 Å². The number of alkyl halides is 1. The Kier molecular flexibility index (Phi) is 5.03. The molecule has 0 radical (unpaired) electrons. The zero-order chi connectivity index (χ0) is 14.7. The van der Waals surface area contributed by atoms with Gasteiger partial charge in [-0.2, -0.15) is 0 Å². The maximum Gasteiger partial charge on any atom is 0.0700 e. The second kappa shape index (κ2) is 6.80. The minimum absolute atomic E-state index is 0.356. The van der Waals surface area contributed by atoms with Crippen LogP contribution in [0.3, 0.4) is 0 Å². The van der Waals surface area contributed by atoms with Crippen LogP contribution in [0.2, 0.25) is 0 Å². The van der Waals surface area contributed by atoms with E-state index in [0.717, 1.165) is 37.8 Å². The lowest BCUT2D eigenvalue weighted by molar-refractivity contribution is -0.0957. The number of benzene rings is 1. The number of aliphatic hydroxyl groups is 1. The lowest BCUT2D eigenvalue weighted by Gasteiger charge is -2.48. The lowest BCUT2D eigenvalue weighted by atomic mass is 9.71. The predicted molar refractivity (Wildman–Crippen MR) is 90.9 cm³/mol. The van der Waals surface area contributed by atoms with E-state index in [2.05, 4.69) is 51.2 Å². The van der Waals surface area contributed by atoms with E-state index in [9.17, 15) is 5.11 Å². The highest BCUT2D eigenvalue weighted by molar-refractivity contribution is 9.09. The molecule has 3 atom stereocenters. The summed E-state index contributed by atoms with van der Waals surface area (Å²) >= 11 is 3.68. The van der Waals surface area contributed by atoms with Gasteiger partial charge in [-0.25, -0.2) is 0 Å². The molecule has 1 saturated carbocycles. The molecule has 2 aliphatic rings. The van der Waals surface area contributed by atoms with Gasteiger partial charge in [-0.15, -0.1) is 0 Å². The van der Waals surface area contributed by atoms with Crippen LogP contribution in [-0.2, 0) is 0 Å². The van der Waals surface area contributed by atoms with E-state index in [-0.39, 0.29) is 5.60 Å². The Morgan fingerprint density at radius 1 is 1.24 bits per heavy atom. The molecule has 0 spiro atoms. The number of hydrogen-bond acceptors (Lipinski definition) is 2. The average molecular weight is 352 g/mol. The van der Waals surface area contributed by atoms with Crippen molar-refractivity contribution in [2.75, 3.05) is 25.0 Å². The largest absolute Gasteiger partial charge is 0.390 e. The van der Waals surface area contributed by atoms with Gasteiger partial charge in [-0.05, 0) is 24.8 Å². The molecule has 116 valence electrons. The maximum absolute atomic E-state index is 10.8. The summed E-state index contributed by atoms with van der Waals surface area (Å²) in [4.78, 5) is 2.57. The molecule has 3 unspecified atom stereocenters. The SMILES string of the molecule is OC12CCCCC1CN(CC(CBr)c1ccccc1)CC2. The predicted octanol–water partition coefficient (Wildman–Crippen LogP) is 3.79. The summed E-state index contributed by atoms with van der Waals surface area (Å²) in [5.74, 6) is 1.03. The topological polar surface area (TPSA) is 23.5 Å². The molecule has 1 aliphatic heterocycles. The zero-order valence-electron chi connectivity index (χ0n) is 12.7. The van der Waals surface area contributed by atoms with Gasteiger partial charge in [0.25, 0.3) is 0 Å². The Morgan fingerprint density at radius 2 is 2.05 bits per heavy atom. The molecule has 1 aromatic rings. The summed E-state index contributed by atoms with van der Waals surface area (Å²) in [7, 11) is 0. The zero-order valence-corrected chi connectivity index (χ0v) is 14.3. The maximum atomic E-state index is 10.8. The third kappa shape index (κ3) is 3.52. The van der Waals surface area contributed by atoms with Crippen LogP contribution in [0.1, 0.15) is 43.6 Å². The van der Waals surface area contributed by atoms with Crippen LogP contribution in [-0.4, -0.2) is 40.6 Å². The fraction of sp³-hybridized carbons (Fsp3) is 0.667. The summed E-state index contributed by atoms with van der Waals surface area (Å²) in [5.41, 5.74) is 1.06. The van der Waals surface area contributed by atoms with Gasteiger partial charge in [0, 0.05) is 36.8 Å². The fourth-order valence-electron chi connectivity index (χ4n) is 4.09. The third-order valence-corrected chi connectivity index (χ3v) is 6.23. The number of halogens is 1. The van der Waals surface area contributed by atoms with E-state index < -0.39 is 0 Å². The van der Waals surface area contributed by atoms with Crippen molar-refractivity contribution in [2.45, 2.75) is 43.6 Å². The van der Waals surface area contributed by atoms with E-state index in [0.29, 0.717) is 11.8 Å². The lowest BCUT2D eigenvalue weighted by Crippen LogP contribution is -2.53. The molecule has 1 saturated heterocycles. The Hall–Kier alpha value is -0.380. The molecule has 0 aromatic heterocycles. The number of piperidine rings is 1. The van der Waals surface area contributed by atoms with Crippen molar-refractivity contribution in [3.05, 3.63) is 35.9 Å². The number of rotatable bonds is 4. The molecule has 2 nitrogen and oxygen atoms in total. The minimum Gasteiger partial charge on any atom is -0.390 e. The molecule has 2 fully saturated rings. The van der Waals surface area contributed by atoms with Crippen LogP contribution in [0.4, 0.5) is 0 Å². The van der Waals surface area contributed by atoms with E-state index in [1.54, 1.807) is 0 Å². The first-order chi connectivity index (χ1) is 10.2. The quantitative estimate of drug-likeness (QED) is 0.834. The average Bonchev–Trinajstić information content (AvgIpc) is 2.53. The van der Waals surface area contributed by atoms with E-state index in [4.69, 9.17) is 0 Å². The first kappa shape index (κ1) is 15.5. The van der Waals surface area contributed by atoms with Crippen molar-refractivity contribution >= 4 is 15.9 Å². The van der Waals surface area contributed by atoms with Gasteiger partial charge in [-0.1, -0.05) is 59.1 Å². The molecule has 1 aromatic carbocycles. The van der Waals surface area contributed by atoms with Gasteiger partial charge in [0.1, 0.15) is 0 Å². The summed E-state index contributed by atoms with van der Waals surface area (Å²) in [6.07, 6.45) is 5.69. The van der Waals surface area contributed by atoms with Crippen LogP contribution < -0.4 is 0 Å². The number of nitrogens with zero attached hydrogens (tertiary/aromatic N) is 1. The number of fused-ring (bicyclic) bond motifs is 1. The molecule has 3 heteroatoms. The fourth-order valence-corrected chi connectivity index (χ4v) is 4.66. The molecular weight excluding hydrogens is 326 g/mol. The highest BCUT2D eigenvalue weighted by atomic mass is 79.9. The monoisotopic (exact) mass is 351 g/mol. The van der Waals surface area contributed by atoms with Gasteiger partial charge in [-0.3, -0.25) is 0 Å². The Balaban J connectivity index is 1.63. The first-order valence-electron chi connectivity index (χ1n) is 8.27. The molecule has 21 heavy (non-hydrogen) atoms. The number of hydrogen-bond donors (Lipinski definition) is 1. The standard InChI is InChI=1S/C18H26BrNO/c19-12-16(15-6-2-1-3-7-15)13-20-11-10-18(21)9-5-4-8-17(18)14-20/h1-3,6-7,16-17,21H,4-5,8-14H2. The molecule has 1 heterocycles. The summed E-state index contributed by atoms with van der Waals surface area (Å²) in [6, 6.07) is 10.8. The van der Waals surface area contributed by atoms with Crippen molar-refractivity contribution in [2.24, 2.45) is 5.92 Å². The molecule has 0 bridgehead atoms. The van der Waals surface area contributed by atoms with Crippen molar-refractivity contribution in [3.63, 3.8) is 0 Å². The normalized spacial score (nSPS) is 31.6. The van der Waals surface area contributed by atoms with Crippen molar-refractivity contribution < 1.29 is 5.11 Å². The molecule has 3 rings (SSSR count). The van der Waals surface area contributed by atoms with Crippen molar-refractivity contribution in [1.82, 2.24) is 4.90 Å². The second-order valence-corrected chi connectivity index (χ2v) is 7.47. The minimum atomic E-state index is -0.356. The van der Waals surface area contributed by atoms with E-state index >= 15 is 0 Å². The summed E-state index contributed by atoms with van der Waals surface area (Å²) in [5, 5.41) is 11.8. The Morgan fingerprint density at radius 3 is 2.81 bits per heavy atom. The van der Waals surface area contributed by atoms with Gasteiger partial charge < -0.3 is 10.0 Å². The van der Waals surface area contributed by atoms with Gasteiger partial charge in [0.15, 0.2) is 0 Å². The van der Waals surface area contributed by atoms with Crippen LogP contribution in [0.25, 0.3) is 0 Å². The van der Waals surface area contributed by atoms with Gasteiger partial charge in [0.05, 0.1) is 5.60 Å². The first-order valence-corrected chi connectivity index (χ1v) is 9.39. The highest BCUT2D eigenvalue weighted by Crippen LogP contribution is 2.40. The van der Waals surface area contributed by atoms with Crippen LogP contribution in [0.15, 0.2) is 30.3 Å². The Bertz CT molecular complexity index is 452. The second-order valence-electron chi connectivity index (χ2n) is 6.82. The third-order valence-electron chi connectivity index (χ3n) is 5.45. The van der Waals surface area contributed by atoms with Crippen LogP contribution in [0, 0.1) is 5.92 Å². The van der Waals surface area contributed by atoms with E-state index in [1.807, 2.05) is 0 Å². The molecule has 1 aliphatic carbocycles. The van der Waals surface area contributed by atoms with Crippen LogP contribution in [0.5, 0.6) is 0 Å². The van der Waals surface area contributed by atoms with Crippen molar-refractivity contribution in [1.29, 1.82) is 0 Å².